The second-order valence-electron chi connectivity index (χ2n) is 4.43. The molecule has 0 atom stereocenters. The molecule has 3 nitrogen and oxygen atoms in total. The smallest absolute Gasteiger partial charge is 0.0421 e. The van der Waals surface area contributed by atoms with Crippen molar-refractivity contribution in [2.24, 2.45) is 5.73 Å². The van der Waals surface area contributed by atoms with Crippen LogP contribution in [0.4, 0.5) is 5.69 Å². The normalized spacial score (nSPS) is 10.5. The van der Waals surface area contributed by atoms with Crippen LogP contribution in [0.25, 0.3) is 0 Å². The van der Waals surface area contributed by atoms with Crippen LogP contribution in [0.1, 0.15) is 11.3 Å². The minimum Gasteiger partial charge on any atom is -0.374 e. The molecule has 2 N–H and O–H groups in total. The summed E-state index contributed by atoms with van der Waals surface area (Å²) in [5, 5.41) is 0. The molecule has 19 heavy (non-hydrogen) atoms. The number of halogens is 1. The zero-order valence-electron chi connectivity index (χ0n) is 11.0. The third-order valence-corrected chi connectivity index (χ3v) is 3.88. The second-order valence-corrected chi connectivity index (χ2v) is 5.29. The average Bonchev–Trinajstić information content (AvgIpc) is 2.45. The maximum atomic E-state index is 5.83. The van der Waals surface area contributed by atoms with E-state index >= 15 is 0 Å². The van der Waals surface area contributed by atoms with E-state index in [2.05, 4.69) is 45.0 Å². The van der Waals surface area contributed by atoms with Gasteiger partial charge in [-0.1, -0.05) is 28.1 Å². The summed E-state index contributed by atoms with van der Waals surface area (Å²) in [5.41, 5.74) is 9.26. The van der Waals surface area contributed by atoms with Crippen LogP contribution in [0.3, 0.4) is 0 Å². The molecule has 1 aromatic carbocycles. The van der Waals surface area contributed by atoms with Gasteiger partial charge in [0.05, 0.1) is 0 Å². The van der Waals surface area contributed by atoms with Crippen LogP contribution in [0.5, 0.6) is 0 Å². The van der Waals surface area contributed by atoms with Gasteiger partial charge in [-0.25, -0.2) is 0 Å². The van der Waals surface area contributed by atoms with E-state index in [0.717, 1.165) is 28.7 Å². The number of rotatable bonds is 5. The van der Waals surface area contributed by atoms with Crippen molar-refractivity contribution in [2.45, 2.75) is 13.0 Å². The molecule has 0 radical (unpaired) electrons. The molecule has 1 heterocycles. The summed E-state index contributed by atoms with van der Waals surface area (Å²) in [4.78, 5) is 6.57. The van der Waals surface area contributed by atoms with Crippen LogP contribution in [0.2, 0.25) is 0 Å². The third kappa shape index (κ3) is 3.55. The lowest BCUT2D eigenvalue weighted by atomic mass is 10.1. The molecule has 0 aliphatic carbocycles. The highest BCUT2D eigenvalue weighted by Crippen LogP contribution is 2.26. The molecular formula is C15H18BrN3. The van der Waals surface area contributed by atoms with E-state index < -0.39 is 0 Å². The fourth-order valence-corrected chi connectivity index (χ4v) is 2.57. The quantitative estimate of drug-likeness (QED) is 0.921. The Morgan fingerprint density at radius 1 is 1.21 bits per heavy atom. The van der Waals surface area contributed by atoms with Gasteiger partial charge in [0, 0.05) is 54.2 Å². The van der Waals surface area contributed by atoms with Crippen LogP contribution < -0.4 is 10.6 Å². The van der Waals surface area contributed by atoms with E-state index in [-0.39, 0.29) is 0 Å². The molecule has 4 heteroatoms. The Bertz CT molecular complexity index is 528. The number of likely N-dealkylation sites (N-methyl/N-ethyl adjacent to an activating group) is 1. The third-order valence-electron chi connectivity index (χ3n) is 3.14. The molecule has 0 bridgehead atoms. The van der Waals surface area contributed by atoms with Crippen molar-refractivity contribution < 1.29 is 0 Å². The Morgan fingerprint density at radius 3 is 2.74 bits per heavy atom. The Hall–Kier alpha value is -1.39. The summed E-state index contributed by atoms with van der Waals surface area (Å²) in [5.74, 6) is 0. The van der Waals surface area contributed by atoms with Crippen molar-refractivity contribution in [2.75, 3.05) is 18.5 Å². The number of nitrogens with zero attached hydrogens (tertiary/aromatic N) is 2. The van der Waals surface area contributed by atoms with Gasteiger partial charge in [0.1, 0.15) is 0 Å². The van der Waals surface area contributed by atoms with Gasteiger partial charge in [-0.2, -0.15) is 0 Å². The van der Waals surface area contributed by atoms with E-state index in [1.54, 1.807) is 0 Å². The minimum atomic E-state index is 0.532. The average molecular weight is 320 g/mol. The van der Waals surface area contributed by atoms with Crippen LogP contribution in [-0.4, -0.2) is 18.6 Å². The summed E-state index contributed by atoms with van der Waals surface area (Å²) in [6, 6.07) is 12.2. The van der Waals surface area contributed by atoms with Gasteiger partial charge < -0.3 is 10.6 Å². The van der Waals surface area contributed by atoms with Crippen LogP contribution in [0, 0.1) is 0 Å². The molecule has 1 aromatic heterocycles. The number of anilines is 1. The summed E-state index contributed by atoms with van der Waals surface area (Å²) < 4.78 is 1.07. The van der Waals surface area contributed by atoms with Gasteiger partial charge >= 0.3 is 0 Å². The first-order valence-corrected chi connectivity index (χ1v) is 7.10. The number of aromatic nitrogens is 1. The Kier molecular flexibility index (Phi) is 4.93. The molecule has 0 spiro atoms. The van der Waals surface area contributed by atoms with Crippen molar-refractivity contribution in [1.29, 1.82) is 0 Å². The maximum absolute atomic E-state index is 5.83. The van der Waals surface area contributed by atoms with Gasteiger partial charge in [0.15, 0.2) is 0 Å². The van der Waals surface area contributed by atoms with Gasteiger partial charge in [-0.15, -0.1) is 0 Å². The number of hydrogen-bond donors (Lipinski definition) is 1. The van der Waals surface area contributed by atoms with E-state index in [1.165, 1.54) is 5.69 Å². The van der Waals surface area contributed by atoms with Crippen molar-refractivity contribution in [1.82, 2.24) is 4.98 Å². The molecular weight excluding hydrogens is 302 g/mol. The largest absolute Gasteiger partial charge is 0.374 e. The van der Waals surface area contributed by atoms with E-state index in [9.17, 15) is 0 Å². The fraction of sp³-hybridized carbons (Fsp3) is 0.267. The highest BCUT2D eigenvalue weighted by molar-refractivity contribution is 9.10. The molecule has 0 saturated carbocycles. The monoisotopic (exact) mass is 319 g/mol. The Labute approximate surface area is 122 Å². The maximum Gasteiger partial charge on any atom is 0.0421 e. The summed E-state index contributed by atoms with van der Waals surface area (Å²) in [6.45, 7) is 1.45. The van der Waals surface area contributed by atoms with Crippen LogP contribution in [0.15, 0.2) is 47.1 Å². The van der Waals surface area contributed by atoms with Crippen molar-refractivity contribution in [3.8, 4) is 0 Å². The Balaban J connectivity index is 2.08. The molecule has 2 rings (SSSR count). The highest BCUT2D eigenvalue weighted by Gasteiger charge is 2.09. The van der Waals surface area contributed by atoms with E-state index in [0.29, 0.717) is 6.54 Å². The molecule has 0 aliphatic heterocycles. The van der Waals surface area contributed by atoms with E-state index in [4.69, 9.17) is 5.73 Å². The van der Waals surface area contributed by atoms with Gasteiger partial charge in [-0.3, -0.25) is 4.98 Å². The summed E-state index contributed by atoms with van der Waals surface area (Å²) >= 11 is 3.55. The zero-order valence-corrected chi connectivity index (χ0v) is 12.6. The fourth-order valence-electron chi connectivity index (χ4n) is 2.06. The summed E-state index contributed by atoms with van der Waals surface area (Å²) in [7, 11) is 2.09. The lowest BCUT2D eigenvalue weighted by Crippen LogP contribution is -2.22. The van der Waals surface area contributed by atoms with Crippen molar-refractivity contribution >= 4 is 21.6 Å². The molecule has 0 unspecified atom stereocenters. The summed E-state index contributed by atoms with van der Waals surface area (Å²) in [6.07, 6.45) is 2.76. The molecule has 2 aromatic rings. The van der Waals surface area contributed by atoms with Crippen molar-refractivity contribution in [3.05, 3.63) is 58.3 Å². The van der Waals surface area contributed by atoms with E-state index in [1.807, 2.05) is 30.5 Å². The van der Waals surface area contributed by atoms with Gasteiger partial charge in [-0.05, 0) is 24.3 Å². The lowest BCUT2D eigenvalue weighted by Gasteiger charge is -2.22. The standard InChI is InChI=1S/C15H18BrN3/c1-19(10-8-12-5-2-3-9-18-12)15-7-4-6-14(16)13(15)11-17/h2-7,9H,8,10-11,17H2,1H3. The van der Waals surface area contributed by atoms with Gasteiger partial charge in [0.2, 0.25) is 0 Å². The molecule has 0 aliphatic rings. The SMILES string of the molecule is CN(CCc1ccccn1)c1cccc(Br)c1CN. The number of hydrogen-bond acceptors (Lipinski definition) is 3. The molecule has 0 fully saturated rings. The van der Waals surface area contributed by atoms with Crippen LogP contribution >= 0.6 is 15.9 Å². The first-order valence-electron chi connectivity index (χ1n) is 6.31. The van der Waals surface area contributed by atoms with Crippen molar-refractivity contribution in [3.63, 3.8) is 0 Å². The van der Waals surface area contributed by atoms with Gasteiger partial charge in [0.25, 0.3) is 0 Å². The predicted molar refractivity (Wildman–Crippen MR) is 83.2 cm³/mol. The predicted octanol–water partition coefficient (Wildman–Crippen LogP) is 2.98. The first-order chi connectivity index (χ1) is 9.22. The molecule has 100 valence electrons. The molecule has 0 amide bonds. The lowest BCUT2D eigenvalue weighted by molar-refractivity contribution is 0.843. The topological polar surface area (TPSA) is 42.2 Å². The Morgan fingerprint density at radius 2 is 2.05 bits per heavy atom. The highest BCUT2D eigenvalue weighted by atomic mass is 79.9. The molecule has 0 saturated heterocycles. The first kappa shape index (κ1) is 14.0. The minimum absolute atomic E-state index is 0.532. The number of benzene rings is 1. The number of nitrogens with two attached hydrogens (primary N) is 1. The number of pyridine rings is 1. The van der Waals surface area contributed by atoms with Crippen LogP contribution in [-0.2, 0) is 13.0 Å². The zero-order chi connectivity index (χ0) is 13.7. The second kappa shape index (κ2) is 6.68.